The predicted octanol–water partition coefficient (Wildman–Crippen LogP) is 3.30. The number of hydrogen-bond donors (Lipinski definition) is 1. The molecule has 1 fully saturated rings. The van der Waals surface area contributed by atoms with Gasteiger partial charge in [-0.05, 0) is 42.7 Å². The van der Waals surface area contributed by atoms with Crippen molar-refractivity contribution < 1.29 is 19.1 Å². The lowest BCUT2D eigenvalue weighted by molar-refractivity contribution is -0.123. The Bertz CT molecular complexity index is 804. The number of amides is 2. The molecule has 1 saturated heterocycles. The lowest BCUT2D eigenvalue weighted by Gasteiger charge is -2.16. The summed E-state index contributed by atoms with van der Waals surface area (Å²) in [5, 5.41) is 2.84. The van der Waals surface area contributed by atoms with Gasteiger partial charge in [-0.15, -0.1) is 0 Å². The third kappa shape index (κ3) is 5.25. The molecule has 6 heteroatoms. The second-order valence-electron chi connectivity index (χ2n) is 6.68. The Labute approximate surface area is 165 Å². The monoisotopic (exact) mass is 382 g/mol. The fourth-order valence-corrected chi connectivity index (χ4v) is 3.01. The van der Waals surface area contributed by atoms with Crippen LogP contribution in [0, 0.1) is 0 Å². The molecule has 2 aromatic carbocycles. The molecular weight excluding hydrogens is 356 g/mol. The lowest BCUT2D eigenvalue weighted by atomic mass is 10.2. The second kappa shape index (κ2) is 9.78. The Morgan fingerprint density at radius 1 is 1.07 bits per heavy atom. The van der Waals surface area contributed by atoms with E-state index >= 15 is 0 Å². The number of nitrogens with one attached hydrogen (secondary N) is 1. The highest BCUT2D eigenvalue weighted by atomic mass is 16.5. The van der Waals surface area contributed by atoms with Crippen LogP contribution in [0.1, 0.15) is 31.7 Å². The Morgan fingerprint density at radius 2 is 1.79 bits per heavy atom. The normalized spacial score (nSPS) is 13.5. The van der Waals surface area contributed by atoms with Crippen molar-refractivity contribution in [1.82, 2.24) is 5.32 Å². The molecule has 28 heavy (non-hydrogen) atoms. The van der Waals surface area contributed by atoms with Crippen LogP contribution in [0.3, 0.4) is 0 Å². The summed E-state index contributed by atoms with van der Waals surface area (Å²) in [6.07, 6.45) is 2.42. The molecule has 0 spiro atoms. The minimum atomic E-state index is -0.205. The van der Waals surface area contributed by atoms with Gasteiger partial charge in [-0.2, -0.15) is 0 Å². The summed E-state index contributed by atoms with van der Waals surface area (Å²) in [4.78, 5) is 25.7. The maximum atomic E-state index is 12.1. The van der Waals surface area contributed by atoms with Crippen LogP contribution in [0.2, 0.25) is 0 Å². The van der Waals surface area contributed by atoms with Crippen LogP contribution in [0.5, 0.6) is 11.5 Å². The largest absolute Gasteiger partial charge is 0.490 e. The molecular formula is C22H26N2O4. The SMILES string of the molecule is CCCOc1ccccc1OCC(=O)NCc1ccc(N2CCCC2=O)cc1. The molecule has 0 saturated carbocycles. The summed E-state index contributed by atoms with van der Waals surface area (Å²) in [6, 6.07) is 15.0. The fourth-order valence-electron chi connectivity index (χ4n) is 3.01. The van der Waals surface area contributed by atoms with Crippen LogP contribution >= 0.6 is 0 Å². The number of carbonyl (C=O) groups is 2. The summed E-state index contributed by atoms with van der Waals surface area (Å²) in [5.74, 6) is 1.17. The Morgan fingerprint density at radius 3 is 2.43 bits per heavy atom. The van der Waals surface area contributed by atoms with E-state index in [0.29, 0.717) is 31.1 Å². The zero-order valence-electron chi connectivity index (χ0n) is 16.1. The maximum absolute atomic E-state index is 12.1. The van der Waals surface area contributed by atoms with Gasteiger partial charge in [0.2, 0.25) is 5.91 Å². The van der Waals surface area contributed by atoms with Gasteiger partial charge < -0.3 is 19.7 Å². The molecule has 0 atom stereocenters. The molecule has 0 aromatic heterocycles. The van der Waals surface area contributed by atoms with Crippen molar-refractivity contribution in [3.8, 4) is 11.5 Å². The molecule has 0 unspecified atom stereocenters. The van der Waals surface area contributed by atoms with Crippen molar-refractivity contribution in [2.75, 3.05) is 24.7 Å². The standard InChI is InChI=1S/C22H26N2O4/c1-2-14-27-19-6-3-4-7-20(19)28-16-21(25)23-15-17-9-11-18(12-10-17)24-13-5-8-22(24)26/h3-4,6-7,9-12H,2,5,8,13-16H2,1H3,(H,23,25). The fraction of sp³-hybridized carbons (Fsp3) is 0.364. The van der Waals surface area contributed by atoms with Gasteiger partial charge in [-0.1, -0.05) is 31.2 Å². The third-order valence-electron chi connectivity index (χ3n) is 4.48. The molecule has 2 aromatic rings. The second-order valence-corrected chi connectivity index (χ2v) is 6.68. The van der Waals surface area contributed by atoms with Crippen LogP contribution in [0.15, 0.2) is 48.5 Å². The molecule has 0 aliphatic carbocycles. The van der Waals surface area contributed by atoms with Crippen LogP contribution in [-0.2, 0) is 16.1 Å². The van der Waals surface area contributed by atoms with E-state index in [1.54, 1.807) is 11.0 Å². The van der Waals surface area contributed by atoms with Gasteiger partial charge in [-0.3, -0.25) is 9.59 Å². The minimum absolute atomic E-state index is 0.0765. The topological polar surface area (TPSA) is 67.9 Å². The first kappa shape index (κ1) is 19.7. The van der Waals surface area contributed by atoms with E-state index in [1.807, 2.05) is 49.4 Å². The quantitative estimate of drug-likeness (QED) is 0.723. The highest BCUT2D eigenvalue weighted by Gasteiger charge is 2.21. The first-order valence-corrected chi connectivity index (χ1v) is 9.68. The summed E-state index contributed by atoms with van der Waals surface area (Å²) in [6.45, 7) is 3.74. The Balaban J connectivity index is 1.46. The number of benzene rings is 2. The molecule has 0 bridgehead atoms. The van der Waals surface area contributed by atoms with E-state index in [-0.39, 0.29) is 18.4 Å². The van der Waals surface area contributed by atoms with Crippen LogP contribution < -0.4 is 19.7 Å². The number of nitrogens with zero attached hydrogens (tertiary/aromatic N) is 1. The zero-order chi connectivity index (χ0) is 19.8. The zero-order valence-corrected chi connectivity index (χ0v) is 16.1. The van der Waals surface area contributed by atoms with Crippen LogP contribution in [0.4, 0.5) is 5.69 Å². The Kier molecular flexibility index (Phi) is 6.89. The lowest BCUT2D eigenvalue weighted by Crippen LogP contribution is -2.28. The molecule has 0 radical (unpaired) electrons. The highest BCUT2D eigenvalue weighted by Crippen LogP contribution is 2.26. The number of para-hydroxylation sites is 2. The van der Waals surface area contributed by atoms with E-state index < -0.39 is 0 Å². The Hall–Kier alpha value is -3.02. The van der Waals surface area contributed by atoms with E-state index in [4.69, 9.17) is 9.47 Å². The van der Waals surface area contributed by atoms with Crippen molar-refractivity contribution >= 4 is 17.5 Å². The molecule has 1 heterocycles. The smallest absolute Gasteiger partial charge is 0.258 e. The van der Waals surface area contributed by atoms with Crippen molar-refractivity contribution in [3.63, 3.8) is 0 Å². The van der Waals surface area contributed by atoms with Gasteiger partial charge in [0.05, 0.1) is 6.61 Å². The van der Waals surface area contributed by atoms with Crippen LogP contribution in [0.25, 0.3) is 0 Å². The van der Waals surface area contributed by atoms with Crippen molar-refractivity contribution in [2.45, 2.75) is 32.7 Å². The molecule has 1 N–H and O–H groups in total. The molecule has 1 aliphatic rings. The van der Waals surface area contributed by atoms with E-state index in [1.165, 1.54) is 0 Å². The van der Waals surface area contributed by atoms with Crippen molar-refractivity contribution in [2.24, 2.45) is 0 Å². The van der Waals surface area contributed by atoms with Gasteiger partial charge in [0.25, 0.3) is 5.91 Å². The highest BCUT2D eigenvalue weighted by molar-refractivity contribution is 5.95. The summed E-state index contributed by atoms with van der Waals surface area (Å²) in [7, 11) is 0. The van der Waals surface area contributed by atoms with E-state index in [9.17, 15) is 9.59 Å². The average Bonchev–Trinajstić information content (AvgIpc) is 3.16. The third-order valence-corrected chi connectivity index (χ3v) is 4.48. The van der Waals surface area contributed by atoms with E-state index in [0.717, 1.165) is 30.6 Å². The number of hydrogen-bond acceptors (Lipinski definition) is 4. The summed E-state index contributed by atoms with van der Waals surface area (Å²) >= 11 is 0. The first-order chi connectivity index (χ1) is 13.7. The first-order valence-electron chi connectivity index (χ1n) is 9.68. The molecule has 1 aliphatic heterocycles. The minimum Gasteiger partial charge on any atom is -0.490 e. The maximum Gasteiger partial charge on any atom is 0.258 e. The number of carbonyl (C=O) groups excluding carboxylic acids is 2. The molecule has 148 valence electrons. The van der Waals surface area contributed by atoms with Gasteiger partial charge >= 0.3 is 0 Å². The van der Waals surface area contributed by atoms with Crippen molar-refractivity contribution in [1.29, 1.82) is 0 Å². The number of ether oxygens (including phenoxy) is 2. The predicted molar refractivity (Wildman–Crippen MR) is 108 cm³/mol. The summed E-state index contributed by atoms with van der Waals surface area (Å²) < 4.78 is 11.2. The van der Waals surface area contributed by atoms with Gasteiger partial charge in [-0.25, -0.2) is 0 Å². The number of anilines is 1. The molecule has 2 amide bonds. The van der Waals surface area contributed by atoms with Gasteiger partial charge in [0, 0.05) is 25.2 Å². The van der Waals surface area contributed by atoms with Crippen LogP contribution in [-0.4, -0.2) is 31.6 Å². The number of rotatable bonds is 9. The summed E-state index contributed by atoms with van der Waals surface area (Å²) in [5.41, 5.74) is 1.88. The molecule has 3 rings (SSSR count). The van der Waals surface area contributed by atoms with Gasteiger partial charge in [0.1, 0.15) is 0 Å². The van der Waals surface area contributed by atoms with E-state index in [2.05, 4.69) is 5.32 Å². The average molecular weight is 382 g/mol. The molecule has 6 nitrogen and oxygen atoms in total. The van der Waals surface area contributed by atoms with Gasteiger partial charge in [0.15, 0.2) is 18.1 Å². The van der Waals surface area contributed by atoms with Crippen molar-refractivity contribution in [3.05, 3.63) is 54.1 Å².